The number of carbonyl (C=O) groups is 1. The highest BCUT2D eigenvalue weighted by Crippen LogP contribution is 2.19. The van der Waals surface area contributed by atoms with Gasteiger partial charge in [0.05, 0.1) is 6.61 Å². The van der Waals surface area contributed by atoms with Crippen LogP contribution in [0.15, 0.2) is 48.5 Å². The van der Waals surface area contributed by atoms with Crippen LogP contribution < -0.4 is 14.8 Å². The van der Waals surface area contributed by atoms with Gasteiger partial charge in [-0.1, -0.05) is 29.8 Å². The minimum Gasteiger partial charge on any atom is -0.494 e. The van der Waals surface area contributed by atoms with Gasteiger partial charge in [-0.25, -0.2) is 0 Å². The lowest BCUT2D eigenvalue weighted by Crippen LogP contribution is -2.30. The summed E-state index contributed by atoms with van der Waals surface area (Å²) in [5.41, 5.74) is 1.13. The van der Waals surface area contributed by atoms with Gasteiger partial charge in [-0.15, -0.1) is 0 Å². The summed E-state index contributed by atoms with van der Waals surface area (Å²) in [5.74, 6) is 1.19. The van der Waals surface area contributed by atoms with Gasteiger partial charge in [-0.2, -0.15) is 0 Å². The SMILES string of the molecule is CCOc1cccc(OCC(=O)NCCc2ccc(Cl)cc2)c1. The minimum atomic E-state index is -0.152. The Hall–Kier alpha value is -2.20. The summed E-state index contributed by atoms with van der Waals surface area (Å²) in [7, 11) is 0. The van der Waals surface area contributed by atoms with Crippen LogP contribution in [0.3, 0.4) is 0 Å². The van der Waals surface area contributed by atoms with Crippen LogP contribution in [0, 0.1) is 0 Å². The normalized spacial score (nSPS) is 10.2. The monoisotopic (exact) mass is 333 g/mol. The Morgan fingerprint density at radius 1 is 1.09 bits per heavy atom. The zero-order chi connectivity index (χ0) is 16.5. The molecule has 0 aromatic heterocycles. The Labute approximate surface area is 141 Å². The van der Waals surface area contributed by atoms with Crippen molar-refractivity contribution in [3.8, 4) is 11.5 Å². The zero-order valence-corrected chi connectivity index (χ0v) is 13.8. The first-order valence-electron chi connectivity index (χ1n) is 7.54. The molecule has 2 aromatic rings. The quantitative estimate of drug-likeness (QED) is 0.804. The van der Waals surface area contributed by atoms with Gasteiger partial charge >= 0.3 is 0 Å². The molecule has 0 saturated heterocycles. The number of rotatable bonds is 8. The summed E-state index contributed by atoms with van der Waals surface area (Å²) in [6.45, 7) is 3.05. The van der Waals surface area contributed by atoms with Gasteiger partial charge in [0.25, 0.3) is 5.91 Å². The van der Waals surface area contributed by atoms with Gasteiger partial charge in [-0.05, 0) is 43.2 Å². The lowest BCUT2D eigenvalue weighted by molar-refractivity contribution is -0.123. The highest BCUT2D eigenvalue weighted by Gasteiger charge is 2.03. The molecule has 23 heavy (non-hydrogen) atoms. The Balaban J connectivity index is 1.70. The molecule has 2 rings (SSSR count). The Morgan fingerprint density at radius 3 is 2.48 bits per heavy atom. The second-order valence-electron chi connectivity index (χ2n) is 4.92. The summed E-state index contributed by atoms with van der Waals surface area (Å²) in [6, 6.07) is 14.8. The highest BCUT2D eigenvalue weighted by atomic mass is 35.5. The van der Waals surface area contributed by atoms with E-state index >= 15 is 0 Å². The zero-order valence-electron chi connectivity index (χ0n) is 13.0. The highest BCUT2D eigenvalue weighted by molar-refractivity contribution is 6.30. The van der Waals surface area contributed by atoms with Crippen LogP contribution in [-0.2, 0) is 11.2 Å². The third-order valence-corrected chi connectivity index (χ3v) is 3.39. The van der Waals surface area contributed by atoms with Crippen LogP contribution in [0.25, 0.3) is 0 Å². The summed E-state index contributed by atoms with van der Waals surface area (Å²) in [6.07, 6.45) is 0.753. The number of hydrogen-bond donors (Lipinski definition) is 1. The van der Waals surface area contributed by atoms with Crippen LogP contribution in [0.5, 0.6) is 11.5 Å². The van der Waals surface area contributed by atoms with Crippen molar-refractivity contribution in [2.24, 2.45) is 0 Å². The van der Waals surface area contributed by atoms with Crippen molar-refractivity contribution in [3.63, 3.8) is 0 Å². The molecule has 1 amide bonds. The fraction of sp³-hybridized carbons (Fsp3) is 0.278. The van der Waals surface area contributed by atoms with Crippen molar-refractivity contribution in [2.45, 2.75) is 13.3 Å². The number of ether oxygens (including phenoxy) is 2. The van der Waals surface area contributed by atoms with Crippen LogP contribution in [0.1, 0.15) is 12.5 Å². The molecule has 0 fully saturated rings. The Bertz CT molecular complexity index is 628. The van der Waals surface area contributed by atoms with Crippen molar-refractivity contribution in [2.75, 3.05) is 19.8 Å². The topological polar surface area (TPSA) is 47.6 Å². The molecule has 2 aromatic carbocycles. The molecule has 0 aliphatic carbocycles. The van der Waals surface area contributed by atoms with E-state index in [1.165, 1.54) is 0 Å². The molecule has 0 spiro atoms. The van der Waals surface area contributed by atoms with Crippen molar-refractivity contribution >= 4 is 17.5 Å². The first kappa shape index (κ1) is 17.2. The van der Waals surface area contributed by atoms with Gasteiger partial charge in [0, 0.05) is 17.6 Å². The predicted octanol–water partition coefficient (Wildman–Crippen LogP) is 3.48. The molecule has 1 N–H and O–H groups in total. The molecule has 0 saturated carbocycles. The number of carbonyl (C=O) groups excluding carboxylic acids is 1. The molecule has 0 radical (unpaired) electrons. The first-order chi connectivity index (χ1) is 11.2. The summed E-state index contributed by atoms with van der Waals surface area (Å²) in [4.78, 5) is 11.8. The van der Waals surface area contributed by atoms with E-state index in [0.717, 1.165) is 17.7 Å². The van der Waals surface area contributed by atoms with E-state index in [-0.39, 0.29) is 12.5 Å². The van der Waals surface area contributed by atoms with E-state index in [4.69, 9.17) is 21.1 Å². The molecule has 0 atom stereocenters. The molecule has 4 nitrogen and oxygen atoms in total. The number of hydrogen-bond acceptors (Lipinski definition) is 3. The maximum Gasteiger partial charge on any atom is 0.257 e. The maximum absolute atomic E-state index is 11.8. The smallest absolute Gasteiger partial charge is 0.257 e. The van der Waals surface area contributed by atoms with E-state index in [1.807, 2.05) is 43.3 Å². The van der Waals surface area contributed by atoms with Crippen LogP contribution in [0.2, 0.25) is 5.02 Å². The molecule has 5 heteroatoms. The van der Waals surface area contributed by atoms with E-state index in [9.17, 15) is 4.79 Å². The lowest BCUT2D eigenvalue weighted by Gasteiger charge is -2.09. The predicted molar refractivity (Wildman–Crippen MR) is 91.3 cm³/mol. The Morgan fingerprint density at radius 2 is 1.78 bits per heavy atom. The van der Waals surface area contributed by atoms with Gasteiger partial charge in [0.2, 0.25) is 0 Å². The fourth-order valence-corrected chi connectivity index (χ4v) is 2.14. The average molecular weight is 334 g/mol. The third kappa shape index (κ3) is 6.20. The standard InChI is InChI=1S/C18H20ClNO3/c1-2-22-16-4-3-5-17(12-16)23-13-18(21)20-11-10-14-6-8-15(19)9-7-14/h3-9,12H,2,10-11,13H2,1H3,(H,20,21). The Kier molecular flexibility index (Phi) is 6.76. The summed E-state index contributed by atoms with van der Waals surface area (Å²) in [5, 5.41) is 3.54. The number of benzene rings is 2. The molecule has 122 valence electrons. The third-order valence-electron chi connectivity index (χ3n) is 3.14. The van der Waals surface area contributed by atoms with E-state index in [1.54, 1.807) is 12.1 Å². The largest absolute Gasteiger partial charge is 0.494 e. The molecular weight excluding hydrogens is 314 g/mol. The van der Waals surface area contributed by atoms with E-state index in [0.29, 0.717) is 23.9 Å². The molecule has 0 unspecified atom stereocenters. The van der Waals surface area contributed by atoms with Crippen molar-refractivity contribution in [3.05, 3.63) is 59.1 Å². The van der Waals surface area contributed by atoms with Gasteiger partial charge in [0.1, 0.15) is 11.5 Å². The number of amides is 1. The summed E-state index contributed by atoms with van der Waals surface area (Å²) < 4.78 is 10.8. The van der Waals surface area contributed by atoms with Crippen molar-refractivity contribution < 1.29 is 14.3 Å². The van der Waals surface area contributed by atoms with Crippen molar-refractivity contribution in [1.29, 1.82) is 0 Å². The van der Waals surface area contributed by atoms with Gasteiger partial charge < -0.3 is 14.8 Å². The molecule has 0 heterocycles. The molecule has 0 aliphatic rings. The van der Waals surface area contributed by atoms with Crippen LogP contribution in [0.4, 0.5) is 0 Å². The van der Waals surface area contributed by atoms with E-state index in [2.05, 4.69) is 5.32 Å². The maximum atomic E-state index is 11.8. The van der Waals surface area contributed by atoms with Crippen LogP contribution >= 0.6 is 11.6 Å². The van der Waals surface area contributed by atoms with E-state index < -0.39 is 0 Å². The minimum absolute atomic E-state index is 0.0177. The lowest BCUT2D eigenvalue weighted by atomic mass is 10.1. The molecular formula is C18H20ClNO3. The fourth-order valence-electron chi connectivity index (χ4n) is 2.02. The molecule has 0 aliphatic heterocycles. The van der Waals surface area contributed by atoms with Crippen molar-refractivity contribution in [1.82, 2.24) is 5.32 Å². The second-order valence-corrected chi connectivity index (χ2v) is 5.36. The van der Waals surface area contributed by atoms with Crippen LogP contribution in [-0.4, -0.2) is 25.7 Å². The average Bonchev–Trinajstić information content (AvgIpc) is 2.55. The number of halogens is 1. The second kappa shape index (κ2) is 9.06. The number of nitrogens with one attached hydrogen (secondary N) is 1. The molecule has 0 bridgehead atoms. The first-order valence-corrected chi connectivity index (χ1v) is 7.92. The summed E-state index contributed by atoms with van der Waals surface area (Å²) >= 11 is 5.83. The van der Waals surface area contributed by atoms with Gasteiger partial charge in [0.15, 0.2) is 6.61 Å². The van der Waals surface area contributed by atoms with Gasteiger partial charge in [-0.3, -0.25) is 4.79 Å².